The van der Waals surface area contributed by atoms with Gasteiger partial charge in [-0.3, -0.25) is 4.79 Å². The highest BCUT2D eigenvalue weighted by molar-refractivity contribution is 9.09. The number of carbonyl (C=O) groups excluding carboxylic acids is 1. The van der Waals surface area contributed by atoms with E-state index in [1.165, 1.54) is 11.3 Å². The van der Waals surface area contributed by atoms with Crippen molar-refractivity contribution in [2.75, 3.05) is 19.0 Å². The Hall–Kier alpha value is -0.100. The predicted molar refractivity (Wildman–Crippen MR) is 66.3 cm³/mol. The lowest BCUT2D eigenvalue weighted by Gasteiger charge is -2.14. The summed E-state index contributed by atoms with van der Waals surface area (Å²) in [6.07, 6.45) is 0. The Labute approximate surface area is 106 Å². The molecule has 84 valence electrons. The fraction of sp³-hybridized carbons (Fsp3) is 0.444. The van der Waals surface area contributed by atoms with Gasteiger partial charge in [0.1, 0.15) is 0 Å². The third-order valence-electron chi connectivity index (χ3n) is 1.69. The van der Waals surface area contributed by atoms with E-state index in [0.29, 0.717) is 21.2 Å². The van der Waals surface area contributed by atoms with Gasteiger partial charge in [-0.05, 0) is 12.1 Å². The molecule has 15 heavy (non-hydrogen) atoms. The molecule has 0 radical (unpaired) electrons. The van der Waals surface area contributed by atoms with E-state index in [0.717, 1.165) is 0 Å². The van der Waals surface area contributed by atoms with Crippen molar-refractivity contribution in [3.63, 3.8) is 0 Å². The second kappa shape index (κ2) is 6.48. The number of ether oxygens (including phenoxy) is 1. The Morgan fingerprint density at radius 1 is 1.73 bits per heavy atom. The van der Waals surface area contributed by atoms with Crippen molar-refractivity contribution in [3.05, 3.63) is 21.3 Å². The average Bonchev–Trinajstić information content (AvgIpc) is 2.64. The maximum absolute atomic E-state index is 11.7. The molecule has 0 aromatic carbocycles. The molecule has 0 fully saturated rings. The van der Waals surface area contributed by atoms with Crippen molar-refractivity contribution >= 4 is 44.8 Å². The number of halogens is 2. The summed E-state index contributed by atoms with van der Waals surface area (Å²) in [6, 6.07) is 3.39. The summed E-state index contributed by atoms with van der Waals surface area (Å²) in [7, 11) is 1.60. The van der Waals surface area contributed by atoms with Crippen molar-refractivity contribution in [2.24, 2.45) is 0 Å². The van der Waals surface area contributed by atoms with Crippen LogP contribution >= 0.6 is 38.9 Å². The van der Waals surface area contributed by atoms with Gasteiger partial charge in [0, 0.05) is 12.4 Å². The first-order chi connectivity index (χ1) is 7.17. The minimum absolute atomic E-state index is 0.0247. The molecule has 0 saturated heterocycles. The van der Waals surface area contributed by atoms with Crippen LogP contribution in [0.25, 0.3) is 0 Å². The summed E-state index contributed by atoms with van der Waals surface area (Å²) in [5.74, 6) is -0.117. The number of rotatable bonds is 5. The number of methoxy groups -OCH3 is 1. The van der Waals surface area contributed by atoms with Crippen molar-refractivity contribution < 1.29 is 9.53 Å². The normalized spacial score (nSPS) is 12.5. The molecule has 1 N–H and O–H groups in total. The lowest BCUT2D eigenvalue weighted by atomic mass is 10.3. The van der Waals surface area contributed by atoms with Crippen LogP contribution in [-0.4, -0.2) is 31.0 Å². The summed E-state index contributed by atoms with van der Waals surface area (Å²) in [5.41, 5.74) is 0. The zero-order valence-electron chi connectivity index (χ0n) is 8.13. The quantitative estimate of drug-likeness (QED) is 0.849. The molecule has 1 amide bonds. The summed E-state index contributed by atoms with van der Waals surface area (Å²) in [6.45, 7) is 0.482. The van der Waals surface area contributed by atoms with Crippen LogP contribution in [0.4, 0.5) is 0 Å². The first kappa shape index (κ1) is 13.0. The van der Waals surface area contributed by atoms with E-state index in [-0.39, 0.29) is 11.9 Å². The molecule has 1 aromatic rings. The molecule has 0 aliphatic rings. The van der Waals surface area contributed by atoms with Gasteiger partial charge in [-0.1, -0.05) is 27.5 Å². The van der Waals surface area contributed by atoms with E-state index in [1.807, 2.05) is 0 Å². The van der Waals surface area contributed by atoms with Gasteiger partial charge in [-0.25, -0.2) is 0 Å². The fourth-order valence-electron chi connectivity index (χ4n) is 1.02. The number of nitrogens with one attached hydrogen (secondary N) is 1. The minimum atomic E-state index is -0.117. The van der Waals surface area contributed by atoms with Gasteiger partial charge in [-0.2, -0.15) is 0 Å². The van der Waals surface area contributed by atoms with E-state index >= 15 is 0 Å². The zero-order valence-corrected chi connectivity index (χ0v) is 11.3. The lowest BCUT2D eigenvalue weighted by Crippen LogP contribution is -2.38. The number of hydrogen-bond acceptors (Lipinski definition) is 3. The number of hydrogen-bond donors (Lipinski definition) is 1. The number of amides is 1. The minimum Gasteiger partial charge on any atom is -0.383 e. The third kappa shape index (κ3) is 4.10. The Kier molecular flexibility index (Phi) is 5.60. The number of thiophene rings is 1. The van der Waals surface area contributed by atoms with Crippen molar-refractivity contribution in [3.8, 4) is 0 Å². The molecule has 1 aromatic heterocycles. The summed E-state index contributed by atoms with van der Waals surface area (Å²) in [5, 5.41) is 3.50. The predicted octanol–water partition coefficient (Wildman–Crippen LogP) is 2.54. The molecular formula is C9H11BrClNO2S. The van der Waals surface area contributed by atoms with Gasteiger partial charge in [0.15, 0.2) is 0 Å². The summed E-state index contributed by atoms with van der Waals surface area (Å²) >= 11 is 10.3. The van der Waals surface area contributed by atoms with Gasteiger partial charge in [0.05, 0.1) is 21.9 Å². The highest BCUT2D eigenvalue weighted by Crippen LogP contribution is 2.21. The molecule has 1 unspecified atom stereocenters. The molecule has 0 spiro atoms. The van der Waals surface area contributed by atoms with Crippen molar-refractivity contribution in [1.29, 1.82) is 0 Å². The second-order valence-electron chi connectivity index (χ2n) is 2.88. The van der Waals surface area contributed by atoms with Crippen LogP contribution in [0.2, 0.25) is 4.34 Å². The van der Waals surface area contributed by atoms with E-state index in [1.54, 1.807) is 19.2 Å². The first-order valence-corrected chi connectivity index (χ1v) is 6.60. The highest BCUT2D eigenvalue weighted by atomic mass is 79.9. The van der Waals surface area contributed by atoms with Gasteiger partial charge >= 0.3 is 0 Å². The molecule has 0 aliphatic carbocycles. The second-order valence-corrected chi connectivity index (χ2v) is 5.25. The monoisotopic (exact) mass is 311 g/mol. The zero-order chi connectivity index (χ0) is 11.3. The van der Waals surface area contributed by atoms with Crippen LogP contribution in [0.3, 0.4) is 0 Å². The fourth-order valence-corrected chi connectivity index (χ4v) is 2.31. The largest absolute Gasteiger partial charge is 0.383 e. The smallest absolute Gasteiger partial charge is 0.261 e. The number of carbonyl (C=O) groups is 1. The Morgan fingerprint density at radius 3 is 2.93 bits per heavy atom. The molecule has 0 aliphatic heterocycles. The van der Waals surface area contributed by atoms with E-state index in [4.69, 9.17) is 16.3 Å². The molecular weight excluding hydrogens is 302 g/mol. The van der Waals surface area contributed by atoms with Gasteiger partial charge in [0.25, 0.3) is 5.91 Å². The SMILES string of the molecule is COCC(CBr)NC(=O)c1ccc(Cl)s1. The average molecular weight is 313 g/mol. The molecule has 3 nitrogen and oxygen atoms in total. The molecule has 0 bridgehead atoms. The van der Waals surface area contributed by atoms with Crippen molar-refractivity contribution in [2.45, 2.75) is 6.04 Å². The molecule has 0 saturated carbocycles. The van der Waals surface area contributed by atoms with Crippen LogP contribution < -0.4 is 5.32 Å². The molecule has 1 heterocycles. The number of alkyl halides is 1. The maximum atomic E-state index is 11.7. The van der Waals surface area contributed by atoms with E-state index in [9.17, 15) is 4.79 Å². The Bertz CT molecular complexity index is 332. The highest BCUT2D eigenvalue weighted by Gasteiger charge is 2.13. The van der Waals surface area contributed by atoms with Crippen LogP contribution in [0.1, 0.15) is 9.67 Å². The maximum Gasteiger partial charge on any atom is 0.261 e. The molecule has 1 rings (SSSR count). The first-order valence-electron chi connectivity index (χ1n) is 4.28. The van der Waals surface area contributed by atoms with E-state index in [2.05, 4.69) is 21.2 Å². The van der Waals surface area contributed by atoms with Crippen LogP contribution in [0, 0.1) is 0 Å². The Morgan fingerprint density at radius 2 is 2.47 bits per heavy atom. The van der Waals surface area contributed by atoms with E-state index < -0.39 is 0 Å². The standard InChI is InChI=1S/C9H11BrClNO2S/c1-14-5-6(4-10)12-9(13)7-2-3-8(11)15-7/h2-3,6H,4-5H2,1H3,(H,12,13). The Balaban J connectivity index is 2.54. The molecule has 6 heteroatoms. The lowest BCUT2D eigenvalue weighted by molar-refractivity contribution is 0.0912. The topological polar surface area (TPSA) is 38.3 Å². The van der Waals surface area contributed by atoms with Crippen LogP contribution in [0.15, 0.2) is 12.1 Å². The third-order valence-corrected chi connectivity index (χ3v) is 3.70. The van der Waals surface area contributed by atoms with Gasteiger partial charge in [-0.15, -0.1) is 11.3 Å². The van der Waals surface area contributed by atoms with Crippen LogP contribution in [-0.2, 0) is 4.74 Å². The van der Waals surface area contributed by atoms with Gasteiger partial charge in [0.2, 0.25) is 0 Å². The van der Waals surface area contributed by atoms with Crippen LogP contribution in [0.5, 0.6) is 0 Å². The van der Waals surface area contributed by atoms with Gasteiger partial charge < -0.3 is 10.1 Å². The van der Waals surface area contributed by atoms with Crippen molar-refractivity contribution in [1.82, 2.24) is 5.32 Å². The molecule has 1 atom stereocenters. The summed E-state index contributed by atoms with van der Waals surface area (Å²) < 4.78 is 5.58. The summed E-state index contributed by atoms with van der Waals surface area (Å²) in [4.78, 5) is 12.3.